The number of hydrogen-bond acceptors (Lipinski definition) is 5. The molecule has 1 aromatic heterocycles. The van der Waals surface area contributed by atoms with Crippen molar-refractivity contribution in [2.24, 2.45) is 24.6 Å². The minimum Gasteiger partial charge on any atom is -0.330 e. The largest absolute Gasteiger partial charge is 0.330 e. The van der Waals surface area contributed by atoms with Crippen molar-refractivity contribution in [2.75, 3.05) is 6.54 Å². The van der Waals surface area contributed by atoms with Gasteiger partial charge in [0.2, 0.25) is 5.16 Å². The van der Waals surface area contributed by atoms with Crippen LogP contribution in [0.5, 0.6) is 0 Å². The molecule has 0 spiro atoms. The van der Waals surface area contributed by atoms with Crippen LogP contribution in [0.2, 0.25) is 0 Å². The number of hydrogen-bond donors (Lipinski definition) is 1. The van der Waals surface area contributed by atoms with Gasteiger partial charge in [0, 0.05) is 12.3 Å². The van der Waals surface area contributed by atoms with Crippen LogP contribution >= 0.6 is 11.8 Å². The van der Waals surface area contributed by atoms with E-state index in [0.717, 1.165) is 17.6 Å². The summed E-state index contributed by atoms with van der Waals surface area (Å²) in [6.07, 6.45) is 6.47. The second-order valence-corrected chi connectivity index (χ2v) is 6.41. The number of nitrogens with zero attached hydrogens (tertiary/aromatic N) is 4. The Bertz CT molecular complexity index is 367. The highest BCUT2D eigenvalue weighted by molar-refractivity contribution is 7.99. The van der Waals surface area contributed by atoms with Crippen LogP contribution in [0.15, 0.2) is 5.16 Å². The Hall–Kier alpha value is -0.620. The fourth-order valence-corrected chi connectivity index (χ4v) is 4.17. The van der Waals surface area contributed by atoms with Gasteiger partial charge in [-0.05, 0) is 41.6 Å². The second-order valence-electron chi connectivity index (χ2n) is 5.20. The van der Waals surface area contributed by atoms with Crippen molar-refractivity contribution in [3.63, 3.8) is 0 Å². The van der Waals surface area contributed by atoms with E-state index in [1.165, 1.54) is 32.1 Å². The minimum atomic E-state index is 0.574. The Balaban J connectivity index is 2.00. The Morgan fingerprint density at radius 2 is 2.28 bits per heavy atom. The Labute approximate surface area is 113 Å². The molecule has 1 aliphatic rings. The molecule has 102 valence electrons. The molecule has 1 saturated carbocycles. The molecule has 6 heteroatoms. The van der Waals surface area contributed by atoms with E-state index in [0.29, 0.717) is 11.2 Å². The molecular weight excluding hydrogens is 246 g/mol. The van der Waals surface area contributed by atoms with E-state index in [4.69, 9.17) is 5.73 Å². The molecule has 18 heavy (non-hydrogen) atoms. The molecule has 1 fully saturated rings. The molecular formula is C12H23N5S. The van der Waals surface area contributed by atoms with Crippen LogP contribution < -0.4 is 5.73 Å². The summed E-state index contributed by atoms with van der Waals surface area (Å²) in [5.41, 5.74) is 5.91. The van der Waals surface area contributed by atoms with E-state index >= 15 is 0 Å². The quantitative estimate of drug-likeness (QED) is 0.883. The van der Waals surface area contributed by atoms with Gasteiger partial charge in [-0.3, -0.25) is 0 Å². The third-order valence-electron chi connectivity index (χ3n) is 3.87. The number of aryl methyl sites for hydroxylation is 1. The Morgan fingerprint density at radius 3 is 2.89 bits per heavy atom. The summed E-state index contributed by atoms with van der Waals surface area (Å²) in [6.45, 7) is 3.05. The van der Waals surface area contributed by atoms with Crippen LogP contribution in [-0.4, -0.2) is 32.0 Å². The van der Waals surface area contributed by atoms with Gasteiger partial charge in [-0.2, -0.15) is 0 Å². The summed E-state index contributed by atoms with van der Waals surface area (Å²) < 4.78 is 1.75. The molecule has 0 aromatic carbocycles. The van der Waals surface area contributed by atoms with E-state index in [1.54, 1.807) is 16.4 Å². The molecule has 1 aromatic rings. The molecule has 1 heterocycles. The highest BCUT2D eigenvalue weighted by Gasteiger charge is 2.31. The van der Waals surface area contributed by atoms with E-state index in [1.807, 2.05) is 7.05 Å². The average molecular weight is 269 g/mol. The first kappa shape index (κ1) is 13.8. The summed E-state index contributed by atoms with van der Waals surface area (Å²) in [5, 5.41) is 13.2. The van der Waals surface area contributed by atoms with Gasteiger partial charge in [0.05, 0.1) is 0 Å². The van der Waals surface area contributed by atoms with Crippen molar-refractivity contribution >= 4 is 11.8 Å². The number of rotatable bonds is 5. The summed E-state index contributed by atoms with van der Waals surface area (Å²) in [5.74, 6) is 1.47. The molecule has 2 rings (SSSR count). The monoisotopic (exact) mass is 269 g/mol. The van der Waals surface area contributed by atoms with Crippen molar-refractivity contribution in [2.45, 2.75) is 49.4 Å². The third kappa shape index (κ3) is 3.23. The number of thioether (sulfide) groups is 1. The fraction of sp³-hybridized carbons (Fsp3) is 0.917. The maximum Gasteiger partial charge on any atom is 0.209 e. The maximum absolute atomic E-state index is 5.91. The normalized spacial score (nSPS) is 28.5. The topological polar surface area (TPSA) is 69.6 Å². The molecule has 5 nitrogen and oxygen atoms in total. The lowest BCUT2D eigenvalue weighted by molar-refractivity contribution is 0.275. The zero-order chi connectivity index (χ0) is 13.0. The summed E-state index contributed by atoms with van der Waals surface area (Å²) in [4.78, 5) is 0. The first-order valence-corrected chi connectivity index (χ1v) is 7.71. The number of aromatic nitrogens is 4. The van der Waals surface area contributed by atoms with Gasteiger partial charge in [0.25, 0.3) is 0 Å². The van der Waals surface area contributed by atoms with Gasteiger partial charge >= 0.3 is 0 Å². The SMILES string of the molecule is CCCC1CCC(CN)C(Sc2nnnn2C)C1. The van der Waals surface area contributed by atoms with Gasteiger partial charge in [0.1, 0.15) is 0 Å². The fourth-order valence-electron chi connectivity index (χ4n) is 2.82. The Morgan fingerprint density at radius 1 is 1.44 bits per heavy atom. The van der Waals surface area contributed by atoms with E-state index < -0.39 is 0 Å². The van der Waals surface area contributed by atoms with Crippen molar-refractivity contribution in [3.8, 4) is 0 Å². The van der Waals surface area contributed by atoms with Gasteiger partial charge in [-0.15, -0.1) is 5.10 Å². The smallest absolute Gasteiger partial charge is 0.209 e. The first-order valence-electron chi connectivity index (χ1n) is 6.83. The zero-order valence-corrected chi connectivity index (χ0v) is 12.1. The average Bonchev–Trinajstić information content (AvgIpc) is 2.76. The van der Waals surface area contributed by atoms with E-state index in [2.05, 4.69) is 22.4 Å². The molecule has 0 radical (unpaired) electrons. The van der Waals surface area contributed by atoms with Gasteiger partial charge < -0.3 is 5.73 Å². The zero-order valence-electron chi connectivity index (χ0n) is 11.2. The lowest BCUT2D eigenvalue weighted by Gasteiger charge is -2.34. The van der Waals surface area contributed by atoms with Crippen molar-refractivity contribution in [1.82, 2.24) is 20.2 Å². The summed E-state index contributed by atoms with van der Waals surface area (Å²) in [6, 6.07) is 0. The minimum absolute atomic E-state index is 0.574. The van der Waals surface area contributed by atoms with Gasteiger partial charge in [-0.1, -0.05) is 37.9 Å². The van der Waals surface area contributed by atoms with Crippen LogP contribution in [0.4, 0.5) is 0 Å². The highest BCUT2D eigenvalue weighted by atomic mass is 32.2. The third-order valence-corrected chi connectivity index (χ3v) is 5.31. The molecule has 0 saturated heterocycles. The molecule has 3 unspecified atom stereocenters. The highest BCUT2D eigenvalue weighted by Crippen LogP contribution is 2.40. The summed E-state index contributed by atoms with van der Waals surface area (Å²) >= 11 is 1.81. The summed E-state index contributed by atoms with van der Waals surface area (Å²) in [7, 11) is 1.89. The van der Waals surface area contributed by atoms with Crippen molar-refractivity contribution < 1.29 is 0 Å². The molecule has 0 amide bonds. The van der Waals surface area contributed by atoms with Crippen LogP contribution in [-0.2, 0) is 7.05 Å². The first-order chi connectivity index (χ1) is 8.74. The van der Waals surface area contributed by atoms with Crippen LogP contribution in [0, 0.1) is 11.8 Å². The standard InChI is InChI=1S/C12H23N5S/c1-3-4-9-5-6-10(8-13)11(7-9)18-12-14-15-16-17(12)2/h9-11H,3-8,13H2,1-2H3. The van der Waals surface area contributed by atoms with Gasteiger partial charge in [-0.25, -0.2) is 4.68 Å². The van der Waals surface area contributed by atoms with Crippen LogP contribution in [0.1, 0.15) is 39.0 Å². The molecule has 0 bridgehead atoms. The molecule has 3 atom stereocenters. The molecule has 1 aliphatic carbocycles. The molecule has 0 aliphatic heterocycles. The van der Waals surface area contributed by atoms with E-state index in [9.17, 15) is 0 Å². The van der Waals surface area contributed by atoms with Crippen molar-refractivity contribution in [3.05, 3.63) is 0 Å². The number of nitrogens with two attached hydrogens (primary N) is 1. The Kier molecular flexibility index (Phi) is 5.00. The lowest BCUT2D eigenvalue weighted by Crippen LogP contribution is -2.32. The number of tetrazole rings is 1. The second kappa shape index (κ2) is 6.52. The maximum atomic E-state index is 5.91. The predicted octanol–water partition coefficient (Wildman–Crippen LogP) is 1.85. The molecule has 2 N–H and O–H groups in total. The van der Waals surface area contributed by atoms with Crippen molar-refractivity contribution in [1.29, 1.82) is 0 Å². The lowest BCUT2D eigenvalue weighted by atomic mass is 9.80. The van der Waals surface area contributed by atoms with Crippen LogP contribution in [0.25, 0.3) is 0 Å². The van der Waals surface area contributed by atoms with E-state index in [-0.39, 0.29) is 0 Å². The van der Waals surface area contributed by atoms with Gasteiger partial charge in [0.15, 0.2) is 0 Å². The van der Waals surface area contributed by atoms with Crippen LogP contribution in [0.3, 0.4) is 0 Å². The predicted molar refractivity (Wildman–Crippen MR) is 73.2 cm³/mol.